The van der Waals surface area contributed by atoms with Crippen molar-refractivity contribution in [3.63, 3.8) is 0 Å². The lowest BCUT2D eigenvalue weighted by Gasteiger charge is -2.18. The van der Waals surface area contributed by atoms with Crippen molar-refractivity contribution in [3.05, 3.63) is 46.9 Å². The average Bonchev–Trinajstić information content (AvgIpc) is 3.04. The molecule has 1 aliphatic heterocycles. The minimum Gasteiger partial charge on any atom is -0.384 e. The molecule has 1 aromatic carbocycles. The molecule has 1 aliphatic rings. The topological polar surface area (TPSA) is 54.8 Å². The van der Waals surface area contributed by atoms with E-state index in [-0.39, 0.29) is 0 Å². The SMILES string of the molecule is COC[C@@H]1CCN(c2cccc(-c3cccc(C)c3N=O)n2)C1. The molecule has 1 saturated heterocycles. The van der Waals surface area contributed by atoms with Crippen molar-refractivity contribution < 1.29 is 4.74 Å². The Bertz CT molecular complexity index is 702. The molecular weight excluding hydrogens is 290 g/mol. The molecule has 0 unspecified atom stereocenters. The van der Waals surface area contributed by atoms with Crippen LogP contribution in [-0.2, 0) is 4.74 Å². The fourth-order valence-corrected chi connectivity index (χ4v) is 3.15. The maximum absolute atomic E-state index is 11.2. The van der Waals surface area contributed by atoms with Crippen LogP contribution in [0.3, 0.4) is 0 Å². The normalized spacial score (nSPS) is 17.5. The second-order valence-electron chi connectivity index (χ2n) is 6.00. The summed E-state index contributed by atoms with van der Waals surface area (Å²) >= 11 is 0. The number of anilines is 1. The summed E-state index contributed by atoms with van der Waals surface area (Å²) in [6.07, 6.45) is 1.12. The Morgan fingerprint density at radius 2 is 2.13 bits per heavy atom. The number of ether oxygens (including phenoxy) is 1. The summed E-state index contributed by atoms with van der Waals surface area (Å²) in [5, 5.41) is 3.19. The van der Waals surface area contributed by atoms with Gasteiger partial charge in [0.2, 0.25) is 0 Å². The van der Waals surface area contributed by atoms with Gasteiger partial charge in [-0.3, -0.25) is 0 Å². The van der Waals surface area contributed by atoms with Crippen molar-refractivity contribution >= 4 is 11.5 Å². The van der Waals surface area contributed by atoms with Crippen LogP contribution < -0.4 is 4.90 Å². The van der Waals surface area contributed by atoms with Crippen LogP contribution in [-0.4, -0.2) is 31.8 Å². The van der Waals surface area contributed by atoms with Gasteiger partial charge in [-0.05, 0) is 36.2 Å². The van der Waals surface area contributed by atoms with Gasteiger partial charge in [0.15, 0.2) is 0 Å². The number of hydrogen-bond acceptors (Lipinski definition) is 5. The van der Waals surface area contributed by atoms with Crippen LogP contribution in [0, 0.1) is 17.7 Å². The lowest BCUT2D eigenvalue weighted by Crippen LogP contribution is -2.22. The highest BCUT2D eigenvalue weighted by atomic mass is 16.5. The summed E-state index contributed by atoms with van der Waals surface area (Å²) < 4.78 is 5.25. The third-order valence-corrected chi connectivity index (χ3v) is 4.35. The smallest absolute Gasteiger partial charge is 0.129 e. The quantitative estimate of drug-likeness (QED) is 0.785. The molecule has 1 atom stereocenters. The van der Waals surface area contributed by atoms with E-state index < -0.39 is 0 Å². The van der Waals surface area contributed by atoms with Crippen LogP contribution in [0.25, 0.3) is 11.3 Å². The lowest BCUT2D eigenvalue weighted by molar-refractivity contribution is 0.161. The summed E-state index contributed by atoms with van der Waals surface area (Å²) in [7, 11) is 1.74. The van der Waals surface area contributed by atoms with Crippen LogP contribution in [0.5, 0.6) is 0 Å². The fraction of sp³-hybridized carbons (Fsp3) is 0.389. The molecule has 0 saturated carbocycles. The first kappa shape index (κ1) is 15.6. The summed E-state index contributed by atoms with van der Waals surface area (Å²) in [6, 6.07) is 11.6. The van der Waals surface area contributed by atoms with Crippen LogP contribution in [0.1, 0.15) is 12.0 Å². The van der Waals surface area contributed by atoms with Gasteiger partial charge in [-0.15, -0.1) is 4.91 Å². The molecule has 0 N–H and O–H groups in total. The Labute approximate surface area is 136 Å². The summed E-state index contributed by atoms with van der Waals surface area (Å²) in [5.74, 6) is 1.50. The molecule has 1 aromatic heterocycles. The number of aromatic nitrogens is 1. The summed E-state index contributed by atoms with van der Waals surface area (Å²) in [5.41, 5.74) is 2.91. The molecule has 0 aliphatic carbocycles. The van der Waals surface area contributed by atoms with Crippen molar-refractivity contribution in [3.8, 4) is 11.3 Å². The minimum absolute atomic E-state index is 0.468. The largest absolute Gasteiger partial charge is 0.384 e. The number of pyridine rings is 1. The molecule has 0 amide bonds. The first-order chi connectivity index (χ1) is 11.2. The third-order valence-electron chi connectivity index (χ3n) is 4.35. The Kier molecular flexibility index (Phi) is 4.67. The number of methoxy groups -OCH3 is 1. The molecule has 5 heteroatoms. The van der Waals surface area contributed by atoms with Gasteiger partial charge in [0.1, 0.15) is 11.5 Å². The van der Waals surface area contributed by atoms with Crippen molar-refractivity contribution in [2.24, 2.45) is 11.1 Å². The van der Waals surface area contributed by atoms with Gasteiger partial charge < -0.3 is 9.64 Å². The molecule has 0 spiro atoms. The van der Waals surface area contributed by atoms with Gasteiger partial charge in [-0.2, -0.15) is 0 Å². The van der Waals surface area contributed by atoms with Crippen molar-refractivity contribution in [2.75, 3.05) is 31.7 Å². The highest BCUT2D eigenvalue weighted by Gasteiger charge is 2.23. The zero-order chi connectivity index (χ0) is 16.2. The van der Waals surface area contributed by atoms with Gasteiger partial charge >= 0.3 is 0 Å². The number of rotatable bonds is 5. The van der Waals surface area contributed by atoms with Gasteiger partial charge in [0, 0.05) is 31.7 Å². The third kappa shape index (κ3) is 3.24. The van der Waals surface area contributed by atoms with E-state index in [1.807, 2.05) is 43.3 Å². The molecule has 2 heterocycles. The number of nitroso groups, excluding NO2 is 1. The summed E-state index contributed by atoms with van der Waals surface area (Å²) in [4.78, 5) is 18.2. The number of benzene rings is 1. The van der Waals surface area contributed by atoms with Crippen molar-refractivity contribution in [2.45, 2.75) is 13.3 Å². The number of nitrogens with zero attached hydrogens (tertiary/aromatic N) is 3. The van der Waals surface area contributed by atoms with Crippen LogP contribution >= 0.6 is 0 Å². The molecule has 2 aromatic rings. The van der Waals surface area contributed by atoms with Gasteiger partial charge in [-0.1, -0.05) is 24.3 Å². The van der Waals surface area contributed by atoms with Crippen LogP contribution in [0.15, 0.2) is 41.6 Å². The Morgan fingerprint density at radius 1 is 1.30 bits per heavy atom. The average molecular weight is 311 g/mol. The van der Waals surface area contributed by atoms with E-state index in [1.54, 1.807) is 7.11 Å². The predicted octanol–water partition coefficient (Wildman–Crippen LogP) is 3.93. The highest BCUT2D eigenvalue weighted by Crippen LogP contribution is 2.33. The number of hydrogen-bond donors (Lipinski definition) is 0. The Balaban J connectivity index is 1.89. The molecule has 1 fully saturated rings. The number of aryl methyl sites for hydroxylation is 1. The molecular formula is C18H21N3O2. The second kappa shape index (κ2) is 6.87. The molecule has 23 heavy (non-hydrogen) atoms. The molecule has 120 valence electrons. The highest BCUT2D eigenvalue weighted by molar-refractivity contribution is 5.76. The maximum atomic E-state index is 11.2. The monoisotopic (exact) mass is 311 g/mol. The van der Waals surface area contributed by atoms with E-state index in [2.05, 4.69) is 10.1 Å². The molecule has 3 rings (SSSR count). The van der Waals surface area contributed by atoms with Crippen molar-refractivity contribution in [1.29, 1.82) is 0 Å². The van der Waals surface area contributed by atoms with Crippen LogP contribution in [0.4, 0.5) is 11.5 Å². The maximum Gasteiger partial charge on any atom is 0.129 e. The minimum atomic E-state index is 0.468. The van der Waals surface area contributed by atoms with Crippen molar-refractivity contribution in [1.82, 2.24) is 4.98 Å². The summed E-state index contributed by atoms with van der Waals surface area (Å²) in [6.45, 7) is 4.61. The van der Waals surface area contributed by atoms with E-state index in [9.17, 15) is 4.91 Å². The zero-order valence-corrected chi connectivity index (χ0v) is 13.5. The first-order valence-corrected chi connectivity index (χ1v) is 7.87. The van der Waals surface area contributed by atoms with Gasteiger partial charge in [0.25, 0.3) is 0 Å². The first-order valence-electron chi connectivity index (χ1n) is 7.87. The Morgan fingerprint density at radius 3 is 2.91 bits per heavy atom. The molecule has 0 bridgehead atoms. The molecule has 5 nitrogen and oxygen atoms in total. The van der Waals surface area contributed by atoms with Crippen LogP contribution in [0.2, 0.25) is 0 Å². The van der Waals surface area contributed by atoms with E-state index in [1.165, 1.54) is 0 Å². The van der Waals surface area contributed by atoms with E-state index in [4.69, 9.17) is 9.72 Å². The van der Waals surface area contributed by atoms with Gasteiger partial charge in [-0.25, -0.2) is 4.98 Å². The molecule has 0 radical (unpaired) electrons. The second-order valence-corrected chi connectivity index (χ2v) is 6.00. The van der Waals surface area contributed by atoms with E-state index in [0.717, 1.165) is 48.8 Å². The lowest BCUT2D eigenvalue weighted by atomic mass is 10.1. The predicted molar refractivity (Wildman–Crippen MR) is 92.1 cm³/mol. The zero-order valence-electron chi connectivity index (χ0n) is 13.5. The standard InChI is InChI=1S/C18H21N3O2/c1-13-5-3-6-15(18(13)20-22)16-7-4-8-17(19-16)21-10-9-14(11-21)12-23-2/h3-8,14H,9-12H2,1-2H3/t14-/m1/s1. The Hall–Kier alpha value is -2.27. The van der Waals surface area contributed by atoms with E-state index in [0.29, 0.717) is 11.6 Å². The van der Waals surface area contributed by atoms with Gasteiger partial charge in [0.05, 0.1) is 12.3 Å². The van der Waals surface area contributed by atoms with E-state index >= 15 is 0 Å². The fourth-order valence-electron chi connectivity index (χ4n) is 3.15.